The van der Waals surface area contributed by atoms with Crippen molar-refractivity contribution in [1.29, 1.82) is 0 Å². The largest absolute Gasteiger partial charge is 0.495 e. The molecule has 0 spiro atoms. The standard InChI is InChI=1S/C20H27N3O3S3/c1-4-23(16-9-6-5-7-10-16)29(24,25)17-11-12-19(26-2)18(15-17)22-20(27)21-13-8-14-28-3/h5-7,9-12,15H,4,8,13-14H2,1-3H3,(H2,21,22,27). The Hall–Kier alpha value is -1.97. The molecule has 0 aromatic heterocycles. The van der Waals surface area contributed by atoms with Crippen molar-refractivity contribution in [1.82, 2.24) is 5.32 Å². The Balaban J connectivity index is 2.27. The molecule has 0 saturated carbocycles. The van der Waals surface area contributed by atoms with E-state index in [1.807, 2.05) is 18.2 Å². The van der Waals surface area contributed by atoms with E-state index in [0.717, 1.165) is 18.7 Å². The van der Waals surface area contributed by atoms with Crippen LogP contribution in [0.3, 0.4) is 0 Å². The van der Waals surface area contributed by atoms with Crippen LogP contribution in [-0.2, 0) is 10.0 Å². The van der Waals surface area contributed by atoms with E-state index in [0.29, 0.717) is 28.8 Å². The monoisotopic (exact) mass is 453 g/mol. The van der Waals surface area contributed by atoms with Gasteiger partial charge in [-0.3, -0.25) is 4.31 Å². The van der Waals surface area contributed by atoms with Crippen LogP contribution in [0.15, 0.2) is 53.4 Å². The molecule has 0 aliphatic carbocycles. The third-order valence-electron chi connectivity index (χ3n) is 4.15. The number of para-hydroxylation sites is 1. The van der Waals surface area contributed by atoms with Crippen molar-refractivity contribution >= 4 is 50.5 Å². The van der Waals surface area contributed by atoms with Gasteiger partial charge in [0, 0.05) is 13.1 Å². The fraction of sp³-hybridized carbons (Fsp3) is 0.350. The maximum atomic E-state index is 13.3. The van der Waals surface area contributed by atoms with E-state index in [4.69, 9.17) is 17.0 Å². The molecule has 0 heterocycles. The minimum Gasteiger partial charge on any atom is -0.495 e. The van der Waals surface area contributed by atoms with Gasteiger partial charge in [-0.05, 0) is 67.9 Å². The number of thioether (sulfide) groups is 1. The molecule has 2 aromatic carbocycles. The number of rotatable bonds is 10. The number of methoxy groups -OCH3 is 1. The van der Waals surface area contributed by atoms with Crippen LogP contribution < -0.4 is 19.7 Å². The van der Waals surface area contributed by atoms with Gasteiger partial charge < -0.3 is 15.4 Å². The number of benzene rings is 2. The van der Waals surface area contributed by atoms with Crippen LogP contribution in [0.5, 0.6) is 5.75 Å². The third-order valence-corrected chi connectivity index (χ3v) is 6.99. The second-order valence-electron chi connectivity index (χ2n) is 6.09. The highest BCUT2D eigenvalue weighted by Gasteiger charge is 2.24. The average molecular weight is 454 g/mol. The molecule has 0 atom stereocenters. The van der Waals surface area contributed by atoms with Gasteiger partial charge in [-0.15, -0.1) is 0 Å². The zero-order valence-corrected chi connectivity index (χ0v) is 19.3. The van der Waals surface area contributed by atoms with Gasteiger partial charge in [-0.1, -0.05) is 18.2 Å². The van der Waals surface area contributed by atoms with E-state index in [-0.39, 0.29) is 4.90 Å². The number of ether oxygens (including phenoxy) is 1. The van der Waals surface area contributed by atoms with Crippen LogP contribution in [0.25, 0.3) is 0 Å². The first-order valence-electron chi connectivity index (χ1n) is 9.23. The molecule has 6 nitrogen and oxygen atoms in total. The molecular formula is C20H27N3O3S3. The van der Waals surface area contributed by atoms with E-state index in [9.17, 15) is 8.42 Å². The number of hydrogen-bond donors (Lipinski definition) is 2. The average Bonchev–Trinajstić information content (AvgIpc) is 2.72. The third kappa shape index (κ3) is 6.25. The number of nitrogens with zero attached hydrogens (tertiary/aromatic N) is 1. The summed E-state index contributed by atoms with van der Waals surface area (Å²) < 4.78 is 33.2. The summed E-state index contributed by atoms with van der Waals surface area (Å²) in [5.74, 6) is 1.55. The predicted molar refractivity (Wildman–Crippen MR) is 127 cm³/mol. The van der Waals surface area contributed by atoms with Gasteiger partial charge in [-0.2, -0.15) is 11.8 Å². The molecule has 29 heavy (non-hydrogen) atoms. The minimum atomic E-state index is -3.74. The SMILES string of the molecule is CCN(c1ccccc1)S(=O)(=O)c1ccc(OC)c(NC(=S)NCCCSC)c1. The molecule has 9 heteroatoms. The predicted octanol–water partition coefficient (Wildman–Crippen LogP) is 3.95. The zero-order valence-electron chi connectivity index (χ0n) is 16.8. The Morgan fingerprint density at radius 2 is 1.93 bits per heavy atom. The lowest BCUT2D eigenvalue weighted by Crippen LogP contribution is -2.31. The molecule has 0 saturated heterocycles. The molecule has 0 bridgehead atoms. The smallest absolute Gasteiger partial charge is 0.264 e. The number of nitrogens with one attached hydrogen (secondary N) is 2. The summed E-state index contributed by atoms with van der Waals surface area (Å²) in [6.07, 6.45) is 3.04. The minimum absolute atomic E-state index is 0.164. The van der Waals surface area contributed by atoms with Crippen molar-refractivity contribution in [3.63, 3.8) is 0 Å². The quantitative estimate of drug-likeness (QED) is 0.417. The summed E-state index contributed by atoms with van der Waals surface area (Å²) in [5, 5.41) is 6.61. The lowest BCUT2D eigenvalue weighted by atomic mass is 10.3. The molecule has 2 rings (SSSR count). The molecule has 0 fully saturated rings. The molecule has 0 amide bonds. The summed E-state index contributed by atoms with van der Waals surface area (Å²) in [4.78, 5) is 0.164. The number of anilines is 2. The van der Waals surface area contributed by atoms with Crippen molar-refractivity contribution in [2.75, 3.05) is 41.8 Å². The molecule has 0 radical (unpaired) electrons. The molecule has 0 unspecified atom stereocenters. The fourth-order valence-electron chi connectivity index (χ4n) is 2.74. The van der Waals surface area contributed by atoms with E-state index < -0.39 is 10.0 Å². The van der Waals surface area contributed by atoms with Gasteiger partial charge in [-0.25, -0.2) is 8.42 Å². The highest BCUT2D eigenvalue weighted by atomic mass is 32.2. The number of sulfonamides is 1. The summed E-state index contributed by atoms with van der Waals surface area (Å²) in [7, 11) is -2.21. The Labute approximate surface area is 183 Å². The first-order valence-corrected chi connectivity index (χ1v) is 12.5. The van der Waals surface area contributed by atoms with E-state index in [1.54, 1.807) is 49.0 Å². The Morgan fingerprint density at radius 3 is 2.55 bits per heavy atom. The second kappa shape index (κ2) is 11.3. The maximum Gasteiger partial charge on any atom is 0.264 e. The Morgan fingerprint density at radius 1 is 1.21 bits per heavy atom. The van der Waals surface area contributed by atoms with E-state index in [2.05, 4.69) is 16.9 Å². The van der Waals surface area contributed by atoms with Crippen LogP contribution in [0.2, 0.25) is 0 Å². The van der Waals surface area contributed by atoms with Crippen LogP contribution in [0, 0.1) is 0 Å². The maximum absolute atomic E-state index is 13.3. The van der Waals surface area contributed by atoms with Crippen LogP contribution >= 0.6 is 24.0 Å². The summed E-state index contributed by atoms with van der Waals surface area (Å²) >= 11 is 7.11. The summed E-state index contributed by atoms with van der Waals surface area (Å²) in [5.41, 5.74) is 1.12. The first kappa shape index (κ1) is 23.3. The molecule has 158 valence electrons. The van der Waals surface area contributed by atoms with Crippen molar-refractivity contribution < 1.29 is 13.2 Å². The normalized spacial score (nSPS) is 11.0. The highest BCUT2D eigenvalue weighted by Crippen LogP contribution is 2.30. The fourth-order valence-corrected chi connectivity index (χ4v) is 4.89. The number of hydrogen-bond acceptors (Lipinski definition) is 5. The summed E-state index contributed by atoms with van der Waals surface area (Å²) in [6, 6.07) is 13.8. The van der Waals surface area contributed by atoms with Crippen molar-refractivity contribution in [2.24, 2.45) is 0 Å². The lowest BCUT2D eigenvalue weighted by molar-refractivity contribution is 0.416. The van der Waals surface area contributed by atoms with Crippen molar-refractivity contribution in [3.05, 3.63) is 48.5 Å². The van der Waals surface area contributed by atoms with Gasteiger partial charge in [0.25, 0.3) is 10.0 Å². The second-order valence-corrected chi connectivity index (χ2v) is 9.35. The van der Waals surface area contributed by atoms with Crippen molar-refractivity contribution in [3.8, 4) is 5.75 Å². The molecule has 2 N–H and O–H groups in total. The van der Waals surface area contributed by atoms with Gasteiger partial charge in [0.2, 0.25) is 0 Å². The Bertz CT molecular complexity index is 906. The van der Waals surface area contributed by atoms with Gasteiger partial charge in [0.15, 0.2) is 5.11 Å². The van der Waals surface area contributed by atoms with E-state index in [1.165, 1.54) is 11.4 Å². The van der Waals surface area contributed by atoms with Gasteiger partial charge >= 0.3 is 0 Å². The zero-order chi connectivity index (χ0) is 21.3. The van der Waals surface area contributed by atoms with Crippen molar-refractivity contribution in [2.45, 2.75) is 18.2 Å². The van der Waals surface area contributed by atoms with Crippen LogP contribution in [0.4, 0.5) is 11.4 Å². The molecule has 0 aliphatic heterocycles. The number of thiocarbonyl (C=S) groups is 1. The van der Waals surface area contributed by atoms with Gasteiger partial charge in [0.05, 0.1) is 23.4 Å². The van der Waals surface area contributed by atoms with Crippen LogP contribution in [0.1, 0.15) is 13.3 Å². The van der Waals surface area contributed by atoms with Crippen LogP contribution in [-0.4, -0.2) is 45.7 Å². The first-order chi connectivity index (χ1) is 13.9. The highest BCUT2D eigenvalue weighted by molar-refractivity contribution is 7.98. The summed E-state index contributed by atoms with van der Waals surface area (Å²) in [6.45, 7) is 2.86. The Kier molecular flexibility index (Phi) is 9.06. The van der Waals surface area contributed by atoms with Gasteiger partial charge in [0.1, 0.15) is 5.75 Å². The molecule has 0 aliphatic rings. The molecular weight excluding hydrogens is 426 g/mol. The topological polar surface area (TPSA) is 70.7 Å². The lowest BCUT2D eigenvalue weighted by Gasteiger charge is -2.23. The van der Waals surface area contributed by atoms with E-state index >= 15 is 0 Å². The molecule has 2 aromatic rings.